The van der Waals surface area contributed by atoms with E-state index in [2.05, 4.69) is 10.6 Å². The number of carbonyl (C=O) groups is 3. The van der Waals surface area contributed by atoms with Gasteiger partial charge in [0.15, 0.2) is 0 Å². The van der Waals surface area contributed by atoms with Gasteiger partial charge >= 0.3 is 6.03 Å². The molecule has 0 bridgehead atoms. The zero-order valence-corrected chi connectivity index (χ0v) is 13.1. The number of hydrogen-bond acceptors (Lipinski definition) is 3. The Hall–Kier alpha value is -1.59. The van der Waals surface area contributed by atoms with E-state index in [0.717, 1.165) is 24.2 Å². The molecule has 0 radical (unpaired) electrons. The average Bonchev–Trinajstić information content (AvgIpc) is 2.65. The third-order valence-electron chi connectivity index (χ3n) is 4.51. The smallest absolute Gasteiger partial charge is 0.325 e. The second-order valence-corrected chi connectivity index (χ2v) is 6.64. The minimum Gasteiger partial charge on any atom is -0.354 e. The van der Waals surface area contributed by atoms with Crippen molar-refractivity contribution in [2.45, 2.75) is 52.0 Å². The molecule has 0 aromatic heterocycles. The van der Waals surface area contributed by atoms with Crippen molar-refractivity contribution in [3.05, 3.63) is 0 Å². The zero-order chi connectivity index (χ0) is 15.6. The largest absolute Gasteiger partial charge is 0.354 e. The molecule has 2 fully saturated rings. The summed E-state index contributed by atoms with van der Waals surface area (Å²) in [6, 6.07) is -0.437. The molecule has 6 nitrogen and oxygen atoms in total. The van der Waals surface area contributed by atoms with Gasteiger partial charge in [0.05, 0.1) is 0 Å². The van der Waals surface area contributed by atoms with Gasteiger partial charge in [-0.05, 0) is 24.7 Å². The number of nitrogens with zero attached hydrogens (tertiary/aromatic N) is 1. The van der Waals surface area contributed by atoms with Crippen LogP contribution in [-0.4, -0.2) is 41.4 Å². The molecule has 1 saturated carbocycles. The second-order valence-electron chi connectivity index (χ2n) is 6.64. The molecular formula is C15H25N3O3. The molecule has 0 aromatic carbocycles. The van der Waals surface area contributed by atoms with Crippen LogP contribution < -0.4 is 10.6 Å². The fourth-order valence-electron chi connectivity index (χ4n) is 3.16. The van der Waals surface area contributed by atoms with Gasteiger partial charge < -0.3 is 10.6 Å². The molecule has 2 rings (SSSR count). The Morgan fingerprint density at radius 1 is 1.43 bits per heavy atom. The summed E-state index contributed by atoms with van der Waals surface area (Å²) in [5.74, 6) is -0.0692. The van der Waals surface area contributed by atoms with E-state index in [0.29, 0.717) is 18.9 Å². The van der Waals surface area contributed by atoms with Crippen LogP contribution in [0, 0.1) is 11.8 Å². The Bertz CT molecular complexity index is 449. The first-order valence-electron chi connectivity index (χ1n) is 7.77. The van der Waals surface area contributed by atoms with Crippen molar-refractivity contribution in [2.24, 2.45) is 11.8 Å². The van der Waals surface area contributed by atoms with E-state index in [1.165, 1.54) is 0 Å². The lowest BCUT2D eigenvalue weighted by Crippen LogP contribution is -2.54. The second kappa shape index (κ2) is 6.03. The van der Waals surface area contributed by atoms with Crippen LogP contribution in [0.2, 0.25) is 0 Å². The maximum atomic E-state index is 12.6. The van der Waals surface area contributed by atoms with Crippen molar-refractivity contribution in [1.82, 2.24) is 15.5 Å². The molecule has 1 spiro atoms. The summed E-state index contributed by atoms with van der Waals surface area (Å²) in [4.78, 5) is 37.7. The molecule has 1 aliphatic heterocycles. The third-order valence-corrected chi connectivity index (χ3v) is 4.51. The SMILES string of the molecule is CC(C)CNC(=O)CN1C(=O)N[C@]2(CCCC[C@H]2C)C1=O. The molecule has 4 amide bonds. The van der Waals surface area contributed by atoms with Crippen molar-refractivity contribution in [1.29, 1.82) is 0 Å². The minimum absolute atomic E-state index is 0.117. The molecule has 0 unspecified atom stereocenters. The maximum Gasteiger partial charge on any atom is 0.325 e. The van der Waals surface area contributed by atoms with Crippen LogP contribution in [0.5, 0.6) is 0 Å². The molecule has 1 saturated heterocycles. The quantitative estimate of drug-likeness (QED) is 0.766. The number of hydrogen-bond donors (Lipinski definition) is 2. The van der Waals surface area contributed by atoms with Crippen LogP contribution in [0.4, 0.5) is 4.79 Å². The molecule has 1 heterocycles. The number of urea groups is 1. The highest BCUT2D eigenvalue weighted by Crippen LogP contribution is 2.38. The van der Waals surface area contributed by atoms with Gasteiger partial charge in [-0.1, -0.05) is 33.6 Å². The Kier molecular flexibility index (Phi) is 4.54. The molecule has 2 aliphatic rings. The summed E-state index contributed by atoms with van der Waals surface area (Å²) in [7, 11) is 0. The summed E-state index contributed by atoms with van der Waals surface area (Å²) in [5.41, 5.74) is -0.784. The van der Waals surface area contributed by atoms with Gasteiger partial charge in [0, 0.05) is 6.54 Å². The summed E-state index contributed by atoms with van der Waals surface area (Å²) in [6.45, 7) is 6.34. The Labute approximate surface area is 125 Å². The first-order valence-corrected chi connectivity index (χ1v) is 7.77. The Morgan fingerprint density at radius 3 is 2.76 bits per heavy atom. The molecular weight excluding hydrogens is 270 g/mol. The van der Waals surface area contributed by atoms with Gasteiger partial charge in [0.1, 0.15) is 12.1 Å². The van der Waals surface area contributed by atoms with Crippen molar-refractivity contribution < 1.29 is 14.4 Å². The first kappa shape index (κ1) is 15.8. The van der Waals surface area contributed by atoms with Crippen LogP contribution in [0.25, 0.3) is 0 Å². The van der Waals surface area contributed by atoms with Gasteiger partial charge in [-0.15, -0.1) is 0 Å². The molecule has 1 aliphatic carbocycles. The summed E-state index contributed by atoms with van der Waals surface area (Å²) < 4.78 is 0. The van der Waals surface area contributed by atoms with Crippen LogP contribution in [0.15, 0.2) is 0 Å². The Balaban J connectivity index is 2.03. The highest BCUT2D eigenvalue weighted by atomic mass is 16.2. The maximum absolute atomic E-state index is 12.6. The first-order chi connectivity index (χ1) is 9.86. The number of carbonyl (C=O) groups excluding carboxylic acids is 3. The van der Waals surface area contributed by atoms with E-state index >= 15 is 0 Å². The van der Waals surface area contributed by atoms with Crippen molar-refractivity contribution in [3.63, 3.8) is 0 Å². The van der Waals surface area contributed by atoms with E-state index in [-0.39, 0.29) is 24.3 Å². The topological polar surface area (TPSA) is 78.5 Å². The fourth-order valence-corrected chi connectivity index (χ4v) is 3.16. The lowest BCUT2D eigenvalue weighted by Gasteiger charge is -2.36. The zero-order valence-electron chi connectivity index (χ0n) is 13.1. The number of rotatable bonds is 4. The lowest BCUT2D eigenvalue weighted by atomic mass is 9.73. The van der Waals surface area contributed by atoms with Crippen molar-refractivity contribution in [2.75, 3.05) is 13.1 Å². The normalized spacial score (nSPS) is 29.1. The van der Waals surface area contributed by atoms with E-state index in [9.17, 15) is 14.4 Å². The molecule has 2 atom stereocenters. The van der Waals surface area contributed by atoms with Crippen LogP contribution >= 0.6 is 0 Å². The van der Waals surface area contributed by atoms with E-state index in [1.807, 2.05) is 20.8 Å². The van der Waals surface area contributed by atoms with Crippen molar-refractivity contribution in [3.8, 4) is 0 Å². The summed E-state index contributed by atoms with van der Waals surface area (Å²) in [5, 5.41) is 5.59. The van der Waals surface area contributed by atoms with Gasteiger partial charge in [0.25, 0.3) is 5.91 Å². The predicted octanol–water partition coefficient (Wildman–Crippen LogP) is 1.26. The fraction of sp³-hybridized carbons (Fsp3) is 0.800. The summed E-state index contributed by atoms with van der Waals surface area (Å²) in [6.07, 6.45) is 3.62. The van der Waals surface area contributed by atoms with Crippen LogP contribution in [0.3, 0.4) is 0 Å². The number of nitrogens with one attached hydrogen (secondary N) is 2. The monoisotopic (exact) mass is 295 g/mol. The summed E-state index contributed by atoms with van der Waals surface area (Å²) >= 11 is 0. The number of amides is 4. The van der Waals surface area contributed by atoms with Crippen LogP contribution in [0.1, 0.15) is 46.5 Å². The van der Waals surface area contributed by atoms with Gasteiger partial charge in [-0.25, -0.2) is 4.79 Å². The highest BCUT2D eigenvalue weighted by molar-refractivity contribution is 6.09. The minimum atomic E-state index is -0.784. The van der Waals surface area contributed by atoms with E-state index in [1.54, 1.807) is 0 Å². The average molecular weight is 295 g/mol. The molecule has 2 N–H and O–H groups in total. The van der Waals surface area contributed by atoms with E-state index in [4.69, 9.17) is 0 Å². The lowest BCUT2D eigenvalue weighted by molar-refractivity contribution is -0.137. The van der Waals surface area contributed by atoms with Gasteiger partial charge in [0.2, 0.25) is 5.91 Å². The molecule has 118 valence electrons. The highest BCUT2D eigenvalue weighted by Gasteiger charge is 2.55. The Morgan fingerprint density at radius 2 is 2.14 bits per heavy atom. The van der Waals surface area contributed by atoms with Crippen LogP contribution in [-0.2, 0) is 9.59 Å². The molecule has 0 aromatic rings. The van der Waals surface area contributed by atoms with Gasteiger partial charge in [-0.3, -0.25) is 14.5 Å². The molecule has 21 heavy (non-hydrogen) atoms. The third kappa shape index (κ3) is 3.04. The van der Waals surface area contributed by atoms with Gasteiger partial charge in [-0.2, -0.15) is 0 Å². The standard InChI is InChI=1S/C15H25N3O3/c1-10(2)8-16-12(19)9-18-13(20)15(17-14(18)21)7-5-4-6-11(15)3/h10-11H,4-9H2,1-3H3,(H,16,19)(H,17,21)/t11-,15+/m1/s1. The van der Waals surface area contributed by atoms with Crippen molar-refractivity contribution >= 4 is 17.8 Å². The van der Waals surface area contributed by atoms with E-state index < -0.39 is 11.6 Å². The molecule has 6 heteroatoms. The predicted molar refractivity (Wildman–Crippen MR) is 78.5 cm³/mol. The number of imide groups is 1.